The zero-order valence-electron chi connectivity index (χ0n) is 17.7. The fourth-order valence-electron chi connectivity index (χ4n) is 4.53. The van der Waals surface area contributed by atoms with Crippen molar-refractivity contribution in [2.24, 2.45) is 0 Å². The van der Waals surface area contributed by atoms with Crippen LogP contribution in [0.3, 0.4) is 0 Å². The molecule has 0 saturated heterocycles. The Labute approximate surface area is 178 Å². The van der Waals surface area contributed by atoms with Gasteiger partial charge in [0.05, 0.1) is 28.9 Å². The topological polar surface area (TPSA) is 76.9 Å². The zero-order valence-corrected chi connectivity index (χ0v) is 18.5. The molecule has 1 fully saturated rings. The van der Waals surface area contributed by atoms with Gasteiger partial charge in [0.25, 0.3) is 0 Å². The number of hydrogen-bond acceptors (Lipinski definition) is 4. The summed E-state index contributed by atoms with van der Waals surface area (Å²) in [7, 11) is -3.63. The highest BCUT2D eigenvalue weighted by atomic mass is 32.2. The number of sulfonamides is 1. The molecule has 1 saturated carbocycles. The van der Waals surface area contributed by atoms with Crippen molar-refractivity contribution in [3.63, 3.8) is 0 Å². The lowest BCUT2D eigenvalue weighted by Crippen LogP contribution is -2.25. The van der Waals surface area contributed by atoms with Gasteiger partial charge in [0.1, 0.15) is 0 Å². The van der Waals surface area contributed by atoms with Crippen molar-refractivity contribution in [2.75, 3.05) is 0 Å². The monoisotopic (exact) mass is 424 g/mol. The second kappa shape index (κ2) is 8.32. The smallest absolute Gasteiger partial charge is 0.241 e. The van der Waals surface area contributed by atoms with Crippen LogP contribution < -0.4 is 4.72 Å². The minimum Gasteiger partial charge on any atom is -0.265 e. The van der Waals surface area contributed by atoms with Crippen LogP contribution in [-0.4, -0.2) is 23.2 Å². The van der Waals surface area contributed by atoms with Gasteiger partial charge in [-0.3, -0.25) is 9.67 Å². The molecule has 0 spiro atoms. The van der Waals surface area contributed by atoms with Gasteiger partial charge in [-0.1, -0.05) is 30.5 Å². The molecule has 30 heavy (non-hydrogen) atoms. The molecule has 1 aromatic carbocycles. The van der Waals surface area contributed by atoms with Gasteiger partial charge < -0.3 is 0 Å². The molecule has 0 unspecified atom stereocenters. The highest BCUT2D eigenvalue weighted by Crippen LogP contribution is 2.33. The Hall–Kier alpha value is -2.51. The van der Waals surface area contributed by atoms with E-state index in [9.17, 15) is 8.42 Å². The van der Waals surface area contributed by atoms with Gasteiger partial charge in [-0.05, 0) is 62.9 Å². The molecule has 4 rings (SSSR count). The maximum Gasteiger partial charge on any atom is 0.241 e. The second-order valence-corrected chi connectivity index (χ2v) is 9.90. The molecule has 1 N–H and O–H groups in total. The molecular weight excluding hydrogens is 396 g/mol. The second-order valence-electron chi connectivity index (χ2n) is 8.19. The van der Waals surface area contributed by atoms with Crippen LogP contribution in [0.5, 0.6) is 0 Å². The summed E-state index contributed by atoms with van der Waals surface area (Å²) in [6.45, 7) is 5.81. The van der Waals surface area contributed by atoms with Gasteiger partial charge >= 0.3 is 0 Å². The van der Waals surface area contributed by atoms with Crippen LogP contribution in [0.2, 0.25) is 0 Å². The quantitative estimate of drug-likeness (QED) is 0.634. The molecule has 1 aliphatic carbocycles. The molecule has 0 bridgehead atoms. The first-order chi connectivity index (χ1) is 14.3. The Bertz CT molecular complexity index is 1120. The summed E-state index contributed by atoms with van der Waals surface area (Å²) in [5.41, 5.74) is 5.36. The van der Waals surface area contributed by atoms with E-state index >= 15 is 0 Å². The maximum atomic E-state index is 13.0. The van der Waals surface area contributed by atoms with E-state index in [-0.39, 0.29) is 6.54 Å². The first-order valence-corrected chi connectivity index (χ1v) is 11.9. The van der Waals surface area contributed by atoms with Crippen molar-refractivity contribution in [3.05, 3.63) is 65.1 Å². The van der Waals surface area contributed by atoms with Gasteiger partial charge in [0.2, 0.25) is 10.0 Å². The molecule has 3 aromatic rings. The predicted molar refractivity (Wildman–Crippen MR) is 118 cm³/mol. The summed E-state index contributed by atoms with van der Waals surface area (Å²) in [6.07, 6.45) is 8.15. The number of benzene rings is 1. The highest BCUT2D eigenvalue weighted by molar-refractivity contribution is 7.89. The van der Waals surface area contributed by atoms with E-state index in [1.807, 2.05) is 51.1 Å². The zero-order chi connectivity index (χ0) is 21.3. The van der Waals surface area contributed by atoms with Crippen molar-refractivity contribution < 1.29 is 8.42 Å². The van der Waals surface area contributed by atoms with E-state index in [1.54, 1.807) is 12.4 Å². The van der Waals surface area contributed by atoms with Crippen molar-refractivity contribution >= 4 is 10.0 Å². The van der Waals surface area contributed by atoms with Crippen LogP contribution in [0.15, 0.2) is 47.6 Å². The van der Waals surface area contributed by atoms with Crippen LogP contribution in [0, 0.1) is 20.8 Å². The number of aryl methyl sites for hydroxylation is 3. The first-order valence-electron chi connectivity index (χ1n) is 10.4. The average Bonchev–Trinajstić information content (AvgIpc) is 3.36. The Morgan fingerprint density at radius 2 is 1.67 bits per heavy atom. The minimum atomic E-state index is -3.63. The molecule has 0 radical (unpaired) electrons. The van der Waals surface area contributed by atoms with Crippen LogP contribution in [0.1, 0.15) is 54.1 Å². The number of nitrogens with zero attached hydrogens (tertiary/aromatic N) is 3. The Balaban J connectivity index is 1.62. The third-order valence-corrected chi connectivity index (χ3v) is 7.46. The van der Waals surface area contributed by atoms with Gasteiger partial charge in [-0.15, -0.1) is 0 Å². The SMILES string of the molecule is Cc1cc(C)c(S(=O)(=O)NCc2cc(-c3ccncc3)n(C3CCCC3)n2)c(C)c1. The van der Waals surface area contributed by atoms with Crippen molar-refractivity contribution in [2.45, 2.75) is 63.9 Å². The van der Waals surface area contributed by atoms with Crippen molar-refractivity contribution in [1.82, 2.24) is 19.5 Å². The molecular formula is C23H28N4O2S. The standard InChI is InChI=1S/C23H28N4O2S/c1-16-12-17(2)23(18(3)13-16)30(28,29)25-15-20-14-22(19-8-10-24-11-9-19)27(26-20)21-6-4-5-7-21/h8-14,21,25H,4-7,15H2,1-3H3. The lowest BCUT2D eigenvalue weighted by molar-refractivity contribution is 0.467. The molecule has 0 amide bonds. The van der Waals surface area contributed by atoms with Crippen molar-refractivity contribution in [3.8, 4) is 11.3 Å². The van der Waals surface area contributed by atoms with Crippen LogP contribution >= 0.6 is 0 Å². The largest absolute Gasteiger partial charge is 0.265 e. The van der Waals surface area contributed by atoms with Crippen LogP contribution in [0.25, 0.3) is 11.3 Å². The van der Waals surface area contributed by atoms with Crippen molar-refractivity contribution in [1.29, 1.82) is 0 Å². The first kappa shape index (κ1) is 20.8. The summed E-state index contributed by atoms with van der Waals surface area (Å²) in [5.74, 6) is 0. The molecule has 2 aromatic heterocycles. The summed E-state index contributed by atoms with van der Waals surface area (Å²) in [4.78, 5) is 4.47. The fraction of sp³-hybridized carbons (Fsp3) is 0.391. The molecule has 6 nitrogen and oxygen atoms in total. The Kier molecular flexibility index (Phi) is 5.75. The number of nitrogens with one attached hydrogen (secondary N) is 1. The van der Waals surface area contributed by atoms with E-state index in [0.29, 0.717) is 10.9 Å². The highest BCUT2D eigenvalue weighted by Gasteiger charge is 2.24. The number of aromatic nitrogens is 3. The summed E-state index contributed by atoms with van der Waals surface area (Å²) >= 11 is 0. The number of pyridine rings is 1. The van der Waals surface area contributed by atoms with Gasteiger partial charge in [0.15, 0.2) is 0 Å². The van der Waals surface area contributed by atoms with Crippen LogP contribution in [0.4, 0.5) is 0 Å². The lowest BCUT2D eigenvalue weighted by Gasteiger charge is -2.14. The van der Waals surface area contributed by atoms with E-state index in [4.69, 9.17) is 5.10 Å². The van der Waals surface area contributed by atoms with E-state index in [2.05, 4.69) is 14.4 Å². The van der Waals surface area contributed by atoms with Gasteiger partial charge in [-0.25, -0.2) is 13.1 Å². The normalized spacial score (nSPS) is 15.0. The molecule has 1 aliphatic rings. The summed E-state index contributed by atoms with van der Waals surface area (Å²) in [6, 6.07) is 10.1. The lowest BCUT2D eigenvalue weighted by atomic mass is 10.1. The summed E-state index contributed by atoms with van der Waals surface area (Å²) < 4.78 is 30.9. The third kappa shape index (κ3) is 4.18. The average molecular weight is 425 g/mol. The predicted octanol–water partition coefficient (Wildman–Crippen LogP) is 4.46. The summed E-state index contributed by atoms with van der Waals surface area (Å²) in [5, 5.41) is 4.79. The molecule has 2 heterocycles. The third-order valence-electron chi connectivity index (χ3n) is 5.75. The van der Waals surface area contributed by atoms with E-state index in [0.717, 1.165) is 46.5 Å². The number of hydrogen-bond donors (Lipinski definition) is 1. The molecule has 158 valence electrons. The van der Waals surface area contributed by atoms with Crippen LogP contribution in [-0.2, 0) is 16.6 Å². The van der Waals surface area contributed by atoms with E-state index in [1.165, 1.54) is 12.8 Å². The number of rotatable bonds is 6. The Morgan fingerprint density at radius 1 is 1.03 bits per heavy atom. The molecule has 0 aliphatic heterocycles. The fourth-order valence-corrected chi connectivity index (χ4v) is 5.98. The maximum absolute atomic E-state index is 13.0. The minimum absolute atomic E-state index is 0.160. The van der Waals surface area contributed by atoms with Gasteiger partial charge in [0, 0.05) is 18.0 Å². The van der Waals surface area contributed by atoms with E-state index < -0.39 is 10.0 Å². The van der Waals surface area contributed by atoms with Gasteiger partial charge in [-0.2, -0.15) is 5.10 Å². The Morgan fingerprint density at radius 3 is 2.30 bits per heavy atom. The molecule has 0 atom stereocenters. The molecule has 7 heteroatoms.